The van der Waals surface area contributed by atoms with Crippen LogP contribution in [0.4, 0.5) is 0 Å². The maximum absolute atomic E-state index is 3.60. The summed E-state index contributed by atoms with van der Waals surface area (Å²) in [6.45, 7) is 21.4. The van der Waals surface area contributed by atoms with Crippen molar-refractivity contribution in [3.8, 4) is 0 Å². The summed E-state index contributed by atoms with van der Waals surface area (Å²) >= 11 is 0. The zero-order valence-electron chi connectivity index (χ0n) is 15.1. The van der Waals surface area contributed by atoms with Crippen LogP contribution in [-0.2, 0) is 0 Å². The fourth-order valence-electron chi connectivity index (χ4n) is 0.592. The van der Waals surface area contributed by atoms with E-state index in [1.165, 1.54) is 30.8 Å². The minimum Gasteiger partial charge on any atom is -0.124 e. The summed E-state index contributed by atoms with van der Waals surface area (Å²) in [5.41, 5.74) is 4.34. The average Bonchev–Trinajstić information content (AvgIpc) is 2.51. The fraction of sp³-hybridized carbons (Fsp3) is 0.550. The van der Waals surface area contributed by atoms with Crippen molar-refractivity contribution < 1.29 is 0 Å². The molecule has 0 aromatic carbocycles. The Balaban J connectivity index is -0.0000000973. The Morgan fingerprint density at radius 2 is 1.19 bits per heavy atom. The van der Waals surface area contributed by atoms with Gasteiger partial charge in [0.1, 0.15) is 0 Å². The first-order valence-corrected chi connectivity index (χ1v) is 7.86. The quantitative estimate of drug-likeness (QED) is 0.367. The Morgan fingerprint density at radius 3 is 1.33 bits per heavy atom. The first-order valence-electron chi connectivity index (χ1n) is 7.86. The topological polar surface area (TPSA) is 0 Å². The van der Waals surface area contributed by atoms with Gasteiger partial charge in [0.2, 0.25) is 0 Å². The second-order valence-electron chi connectivity index (χ2n) is 4.57. The van der Waals surface area contributed by atoms with Gasteiger partial charge in [-0.05, 0) is 19.1 Å². The van der Waals surface area contributed by atoms with Gasteiger partial charge in [0.05, 0.1) is 0 Å². The van der Waals surface area contributed by atoms with E-state index >= 15 is 0 Å². The predicted octanol–water partition coefficient (Wildman–Crippen LogP) is 6.73. The third-order valence-corrected chi connectivity index (χ3v) is 2.41. The van der Waals surface area contributed by atoms with Gasteiger partial charge in [0.15, 0.2) is 0 Å². The molecule has 0 atom stereocenters. The van der Waals surface area contributed by atoms with E-state index < -0.39 is 0 Å². The van der Waals surface area contributed by atoms with Crippen LogP contribution in [-0.4, -0.2) is 23.9 Å². The molecule has 0 aromatic heterocycles. The van der Waals surface area contributed by atoms with Crippen LogP contribution in [0.2, 0.25) is 0 Å². The molecule has 0 nitrogen and oxygen atoms in total. The van der Waals surface area contributed by atoms with Gasteiger partial charge in [-0.15, -0.1) is 5.73 Å². The molecule has 0 bridgehead atoms. The van der Waals surface area contributed by atoms with Crippen LogP contribution in [0.5, 0.6) is 0 Å². The zero-order chi connectivity index (χ0) is 16.2. The smallest absolute Gasteiger partial charge is 0.0270 e. The van der Waals surface area contributed by atoms with E-state index in [0.29, 0.717) is 0 Å². The molecule has 120 valence electrons. The molecular weight excluding hydrogens is 359 g/mol. The molecule has 21 heavy (non-hydrogen) atoms. The summed E-state index contributed by atoms with van der Waals surface area (Å²) in [5, 5.41) is 0. The Morgan fingerprint density at radius 1 is 0.857 bits per heavy atom. The van der Waals surface area contributed by atoms with Crippen LogP contribution in [0.1, 0.15) is 73.1 Å². The predicted molar refractivity (Wildman–Crippen MR) is 102 cm³/mol. The van der Waals surface area contributed by atoms with E-state index in [0.717, 1.165) is 19.3 Å². The second-order valence-corrected chi connectivity index (χ2v) is 4.57. The molecular formula is C20H36Sn. The molecule has 0 aliphatic heterocycles. The second kappa shape index (κ2) is 28.3. The van der Waals surface area contributed by atoms with Gasteiger partial charge in [-0.1, -0.05) is 98.6 Å². The van der Waals surface area contributed by atoms with Gasteiger partial charge in [-0.2, -0.15) is 0 Å². The van der Waals surface area contributed by atoms with Crippen LogP contribution in [0, 0.1) is 26.7 Å². The first kappa shape index (κ1) is 29.1. The molecule has 0 spiro atoms. The molecule has 1 aliphatic carbocycles. The summed E-state index contributed by atoms with van der Waals surface area (Å²) in [6.07, 6.45) is 12.8. The van der Waals surface area contributed by atoms with Gasteiger partial charge in [-0.25, -0.2) is 0 Å². The molecule has 0 amide bonds. The Labute approximate surface area is 153 Å². The molecule has 0 heterocycles. The van der Waals surface area contributed by atoms with Crippen LogP contribution in [0.15, 0.2) is 29.5 Å². The van der Waals surface area contributed by atoms with Crippen molar-refractivity contribution in [3.05, 3.63) is 56.2 Å². The standard InChI is InChI=1S/C8H9.3C4H9.Sn/c1-7-5-3-4-6-8(7)2;3*1-3-4-2;/h3,5-6H,1-2H3;3*1,3-4H2,2H3;. The van der Waals surface area contributed by atoms with Gasteiger partial charge in [-0.3, -0.25) is 0 Å². The Bertz CT molecular complexity index is 229. The number of hydrogen-bond acceptors (Lipinski definition) is 0. The van der Waals surface area contributed by atoms with Crippen molar-refractivity contribution in [2.45, 2.75) is 73.1 Å². The van der Waals surface area contributed by atoms with E-state index in [1.807, 2.05) is 12.2 Å². The summed E-state index contributed by atoms with van der Waals surface area (Å²) in [7, 11) is 0. The van der Waals surface area contributed by atoms with Crippen LogP contribution >= 0.6 is 0 Å². The van der Waals surface area contributed by atoms with Crippen LogP contribution < -0.4 is 0 Å². The molecule has 0 saturated carbocycles. The molecule has 1 heteroatoms. The Hall–Kier alpha value is 0.0587. The minimum atomic E-state index is 0. The zero-order valence-corrected chi connectivity index (χ0v) is 18.0. The molecule has 1 aliphatic rings. The van der Waals surface area contributed by atoms with E-state index in [9.17, 15) is 0 Å². The molecule has 1 rings (SSSR count). The number of unbranched alkanes of at least 4 members (excludes halogenated alkanes) is 3. The van der Waals surface area contributed by atoms with Crippen molar-refractivity contribution in [2.24, 2.45) is 0 Å². The van der Waals surface area contributed by atoms with Crippen molar-refractivity contribution in [3.63, 3.8) is 0 Å². The summed E-state index contributed by atoms with van der Waals surface area (Å²) in [5.74, 6) is 1.31. The number of rotatable bonds is 3. The normalized spacial score (nSPS) is 11.5. The van der Waals surface area contributed by atoms with Crippen LogP contribution in [0.3, 0.4) is 0 Å². The van der Waals surface area contributed by atoms with Crippen molar-refractivity contribution in [2.75, 3.05) is 0 Å². The summed E-state index contributed by atoms with van der Waals surface area (Å²) in [6, 6.07) is 0. The van der Waals surface area contributed by atoms with Gasteiger partial charge < -0.3 is 0 Å². The number of hydrogen-bond donors (Lipinski definition) is 0. The van der Waals surface area contributed by atoms with E-state index in [4.69, 9.17) is 0 Å². The van der Waals surface area contributed by atoms with Crippen molar-refractivity contribution in [1.82, 2.24) is 0 Å². The van der Waals surface area contributed by atoms with Gasteiger partial charge in [0, 0.05) is 29.8 Å². The molecule has 0 N–H and O–H groups in total. The molecule has 0 unspecified atom stereocenters. The van der Waals surface area contributed by atoms with E-state index in [1.54, 1.807) is 0 Å². The van der Waals surface area contributed by atoms with Crippen molar-refractivity contribution in [1.29, 1.82) is 0 Å². The molecule has 8 radical (unpaired) electrons. The average molecular weight is 395 g/mol. The Kier molecular flexibility index (Phi) is 39.2. The SMILES string of the molecule is C[C]1C=C=CC=C1C.[CH2]CCC.[CH2]CCC.[CH2]CCC.[Sn]. The molecule has 0 aromatic rings. The monoisotopic (exact) mass is 396 g/mol. The first-order chi connectivity index (χ1) is 9.55. The minimum absolute atomic E-state index is 0. The van der Waals surface area contributed by atoms with Gasteiger partial charge in [0.25, 0.3) is 0 Å². The van der Waals surface area contributed by atoms with E-state index in [-0.39, 0.29) is 23.9 Å². The summed E-state index contributed by atoms with van der Waals surface area (Å²) < 4.78 is 0. The largest absolute Gasteiger partial charge is 0.124 e. The van der Waals surface area contributed by atoms with Gasteiger partial charge >= 0.3 is 0 Å². The van der Waals surface area contributed by atoms with Crippen LogP contribution in [0.25, 0.3) is 0 Å². The third kappa shape index (κ3) is 33.1. The van der Waals surface area contributed by atoms with E-state index in [2.05, 4.69) is 67.2 Å². The number of allylic oxidation sites excluding steroid dienone is 3. The molecule has 0 saturated heterocycles. The maximum Gasteiger partial charge on any atom is 0.0270 e. The summed E-state index contributed by atoms with van der Waals surface area (Å²) in [4.78, 5) is 0. The van der Waals surface area contributed by atoms with Crippen molar-refractivity contribution >= 4 is 23.9 Å². The maximum atomic E-state index is 3.60. The molecule has 0 fully saturated rings. The third-order valence-electron chi connectivity index (χ3n) is 2.41. The fourth-order valence-corrected chi connectivity index (χ4v) is 0.592.